The lowest BCUT2D eigenvalue weighted by Gasteiger charge is -2.11. The van der Waals surface area contributed by atoms with E-state index >= 15 is 0 Å². The highest BCUT2D eigenvalue weighted by Gasteiger charge is 2.13. The lowest BCUT2D eigenvalue weighted by Crippen LogP contribution is -2.07. The number of aryl methyl sites for hydroxylation is 2. The molecule has 1 aromatic carbocycles. The minimum Gasteiger partial charge on any atom is -0.388 e. The van der Waals surface area contributed by atoms with Gasteiger partial charge in [0.2, 0.25) is 0 Å². The van der Waals surface area contributed by atoms with Gasteiger partial charge < -0.3 is 10.8 Å². The number of hydrogen-bond acceptors (Lipinski definition) is 2. The standard InChI is InChI=1S/C12H17NO/c13-7-6-12(14)11-5-4-9-2-1-3-10(9)8-11/h4-5,8,12,14H,1-3,6-7,13H2/t12-/m0/s1. The molecule has 3 N–H and O–H groups in total. The second-order valence-electron chi connectivity index (χ2n) is 3.97. The van der Waals surface area contributed by atoms with E-state index in [0.29, 0.717) is 13.0 Å². The minimum atomic E-state index is -0.383. The van der Waals surface area contributed by atoms with Gasteiger partial charge in [-0.25, -0.2) is 0 Å². The van der Waals surface area contributed by atoms with Crippen molar-refractivity contribution in [3.8, 4) is 0 Å². The molecule has 0 amide bonds. The van der Waals surface area contributed by atoms with Crippen LogP contribution in [0.4, 0.5) is 0 Å². The molecule has 0 spiro atoms. The van der Waals surface area contributed by atoms with Crippen LogP contribution in [-0.4, -0.2) is 11.7 Å². The molecule has 2 nitrogen and oxygen atoms in total. The molecule has 0 unspecified atom stereocenters. The Hall–Kier alpha value is -0.860. The van der Waals surface area contributed by atoms with E-state index in [2.05, 4.69) is 12.1 Å². The Morgan fingerprint density at radius 3 is 2.86 bits per heavy atom. The summed E-state index contributed by atoms with van der Waals surface area (Å²) >= 11 is 0. The smallest absolute Gasteiger partial charge is 0.0802 e. The van der Waals surface area contributed by atoms with Gasteiger partial charge in [-0.15, -0.1) is 0 Å². The number of rotatable bonds is 3. The molecule has 1 aliphatic carbocycles. The predicted octanol–water partition coefficient (Wildman–Crippen LogP) is 1.56. The van der Waals surface area contributed by atoms with Crippen LogP contribution in [0.15, 0.2) is 18.2 Å². The number of hydrogen-bond donors (Lipinski definition) is 2. The summed E-state index contributed by atoms with van der Waals surface area (Å²) in [7, 11) is 0. The number of aliphatic hydroxyl groups excluding tert-OH is 1. The topological polar surface area (TPSA) is 46.2 Å². The van der Waals surface area contributed by atoms with Crippen LogP contribution in [0, 0.1) is 0 Å². The number of fused-ring (bicyclic) bond motifs is 1. The molecule has 0 bridgehead atoms. The fourth-order valence-electron chi connectivity index (χ4n) is 2.12. The zero-order valence-electron chi connectivity index (χ0n) is 8.37. The van der Waals surface area contributed by atoms with E-state index in [1.165, 1.54) is 30.4 Å². The molecule has 0 saturated heterocycles. The summed E-state index contributed by atoms with van der Waals surface area (Å²) in [4.78, 5) is 0. The molecule has 1 atom stereocenters. The fourth-order valence-corrected chi connectivity index (χ4v) is 2.12. The zero-order valence-corrected chi connectivity index (χ0v) is 8.37. The van der Waals surface area contributed by atoms with Crippen molar-refractivity contribution in [2.24, 2.45) is 5.73 Å². The van der Waals surface area contributed by atoms with E-state index in [0.717, 1.165) is 5.56 Å². The van der Waals surface area contributed by atoms with Crippen LogP contribution in [0.5, 0.6) is 0 Å². The SMILES string of the molecule is NCC[C@H](O)c1ccc2c(c1)CCC2. The molecule has 0 aromatic heterocycles. The molecular weight excluding hydrogens is 174 g/mol. The van der Waals surface area contributed by atoms with Crippen LogP contribution < -0.4 is 5.73 Å². The van der Waals surface area contributed by atoms with Crippen LogP contribution in [0.3, 0.4) is 0 Å². The van der Waals surface area contributed by atoms with Gasteiger partial charge in [-0.05, 0) is 48.9 Å². The van der Waals surface area contributed by atoms with Gasteiger partial charge in [0.25, 0.3) is 0 Å². The summed E-state index contributed by atoms with van der Waals surface area (Å²) in [6.07, 6.45) is 3.89. The zero-order chi connectivity index (χ0) is 9.97. The highest BCUT2D eigenvalue weighted by molar-refractivity contribution is 5.36. The Morgan fingerprint density at radius 2 is 2.07 bits per heavy atom. The number of aliphatic hydroxyl groups is 1. The first-order valence-electron chi connectivity index (χ1n) is 5.31. The maximum Gasteiger partial charge on any atom is 0.0802 e. The van der Waals surface area contributed by atoms with Gasteiger partial charge in [-0.1, -0.05) is 18.2 Å². The van der Waals surface area contributed by atoms with E-state index < -0.39 is 0 Å². The van der Waals surface area contributed by atoms with E-state index in [1.54, 1.807) is 0 Å². The summed E-state index contributed by atoms with van der Waals surface area (Å²) < 4.78 is 0. The monoisotopic (exact) mass is 191 g/mol. The lowest BCUT2D eigenvalue weighted by molar-refractivity contribution is 0.170. The molecule has 76 valence electrons. The van der Waals surface area contributed by atoms with Gasteiger partial charge in [-0.3, -0.25) is 0 Å². The van der Waals surface area contributed by atoms with Crippen molar-refractivity contribution in [3.63, 3.8) is 0 Å². The molecule has 0 aliphatic heterocycles. The van der Waals surface area contributed by atoms with E-state index in [-0.39, 0.29) is 6.10 Å². The van der Waals surface area contributed by atoms with Crippen molar-refractivity contribution < 1.29 is 5.11 Å². The third-order valence-electron chi connectivity index (χ3n) is 2.95. The van der Waals surface area contributed by atoms with Crippen LogP contribution in [0.2, 0.25) is 0 Å². The third-order valence-corrected chi connectivity index (χ3v) is 2.95. The highest BCUT2D eigenvalue weighted by Crippen LogP contribution is 2.26. The molecule has 14 heavy (non-hydrogen) atoms. The van der Waals surface area contributed by atoms with Crippen molar-refractivity contribution in [1.82, 2.24) is 0 Å². The van der Waals surface area contributed by atoms with Gasteiger partial charge >= 0.3 is 0 Å². The summed E-state index contributed by atoms with van der Waals surface area (Å²) in [5, 5.41) is 9.77. The largest absolute Gasteiger partial charge is 0.388 e. The number of nitrogens with two attached hydrogens (primary N) is 1. The Bertz CT molecular complexity index is 322. The maximum absolute atomic E-state index is 9.77. The number of benzene rings is 1. The van der Waals surface area contributed by atoms with Crippen LogP contribution in [0.25, 0.3) is 0 Å². The Morgan fingerprint density at radius 1 is 1.29 bits per heavy atom. The van der Waals surface area contributed by atoms with Crippen LogP contribution in [0.1, 0.15) is 35.6 Å². The first-order chi connectivity index (χ1) is 6.81. The third kappa shape index (κ3) is 1.81. The second-order valence-corrected chi connectivity index (χ2v) is 3.97. The van der Waals surface area contributed by atoms with Gasteiger partial charge in [-0.2, -0.15) is 0 Å². The second kappa shape index (κ2) is 4.11. The first kappa shape index (κ1) is 9.69. The summed E-state index contributed by atoms with van der Waals surface area (Å²) in [6.45, 7) is 0.540. The molecule has 0 radical (unpaired) electrons. The van der Waals surface area contributed by atoms with E-state index in [4.69, 9.17) is 5.73 Å². The Kier molecular flexibility index (Phi) is 2.85. The average Bonchev–Trinajstić information content (AvgIpc) is 2.64. The molecule has 0 saturated carbocycles. The molecule has 1 aliphatic rings. The summed E-state index contributed by atoms with van der Waals surface area (Å²) in [6, 6.07) is 6.32. The molecular formula is C12H17NO. The van der Waals surface area contributed by atoms with Crippen molar-refractivity contribution in [3.05, 3.63) is 34.9 Å². The Balaban J connectivity index is 2.19. The van der Waals surface area contributed by atoms with Gasteiger partial charge in [0, 0.05) is 0 Å². The normalized spacial score (nSPS) is 16.7. The van der Waals surface area contributed by atoms with Gasteiger partial charge in [0.1, 0.15) is 0 Å². The summed E-state index contributed by atoms with van der Waals surface area (Å²) in [5.74, 6) is 0. The average molecular weight is 191 g/mol. The highest BCUT2D eigenvalue weighted by atomic mass is 16.3. The fraction of sp³-hybridized carbons (Fsp3) is 0.500. The molecule has 2 heteroatoms. The molecule has 1 aromatic rings. The lowest BCUT2D eigenvalue weighted by atomic mass is 10.0. The quantitative estimate of drug-likeness (QED) is 0.761. The minimum absolute atomic E-state index is 0.383. The molecule has 2 rings (SSSR count). The maximum atomic E-state index is 9.77. The molecule has 0 fully saturated rings. The molecule has 0 heterocycles. The Labute approximate surface area is 84.7 Å². The van der Waals surface area contributed by atoms with E-state index in [1.807, 2.05) is 6.07 Å². The van der Waals surface area contributed by atoms with Crippen LogP contribution >= 0.6 is 0 Å². The van der Waals surface area contributed by atoms with Crippen molar-refractivity contribution in [2.45, 2.75) is 31.8 Å². The van der Waals surface area contributed by atoms with E-state index in [9.17, 15) is 5.11 Å². The van der Waals surface area contributed by atoms with Crippen molar-refractivity contribution in [1.29, 1.82) is 0 Å². The summed E-state index contributed by atoms with van der Waals surface area (Å²) in [5.41, 5.74) is 9.31. The van der Waals surface area contributed by atoms with Crippen molar-refractivity contribution in [2.75, 3.05) is 6.54 Å². The van der Waals surface area contributed by atoms with Crippen LogP contribution in [-0.2, 0) is 12.8 Å². The van der Waals surface area contributed by atoms with Gasteiger partial charge in [0.05, 0.1) is 6.10 Å². The first-order valence-corrected chi connectivity index (χ1v) is 5.31. The van der Waals surface area contributed by atoms with Crippen molar-refractivity contribution >= 4 is 0 Å². The van der Waals surface area contributed by atoms with Gasteiger partial charge in [0.15, 0.2) is 0 Å². The predicted molar refractivity (Wildman–Crippen MR) is 57.1 cm³/mol.